The Morgan fingerprint density at radius 1 is 0.564 bits per heavy atom. The van der Waals surface area contributed by atoms with E-state index in [-0.39, 0.29) is 0 Å². The Balaban J connectivity index is 0.000000397. The number of phenolic OH excluding ortho intramolecular Hbond substituents is 1. The van der Waals surface area contributed by atoms with Gasteiger partial charge in [0.1, 0.15) is 5.75 Å². The van der Waals surface area contributed by atoms with Gasteiger partial charge in [0.15, 0.2) is 0 Å². The Morgan fingerprint density at radius 3 is 1.51 bits per heavy atom. The summed E-state index contributed by atoms with van der Waals surface area (Å²) >= 11 is 0. The highest BCUT2D eigenvalue weighted by Crippen LogP contribution is 2.23. The standard InChI is InChI=1S/C24H38O4.C10H8O/c1-3-5-7-9-11-15-19-27-23(25)21-17-13-14-18-22(21)24(26)28-20-16-12-10-8-6-4-2;11-10-7-3-5-8-4-1-2-6-9(8)10/h13-14,17-18H,3-12,15-16,19-20H2,1-2H3;1-7,11H. The number of benzene rings is 3. The van der Waals surface area contributed by atoms with Crippen LogP contribution >= 0.6 is 0 Å². The van der Waals surface area contributed by atoms with Crippen LogP contribution in [0.5, 0.6) is 5.75 Å². The van der Waals surface area contributed by atoms with Gasteiger partial charge in [0.2, 0.25) is 0 Å². The van der Waals surface area contributed by atoms with Gasteiger partial charge in [-0.05, 0) is 36.4 Å². The molecule has 0 saturated carbocycles. The molecule has 3 aromatic rings. The van der Waals surface area contributed by atoms with E-state index in [1.807, 2.05) is 36.4 Å². The molecule has 5 heteroatoms. The average Bonchev–Trinajstić information content (AvgIpc) is 2.96. The molecule has 3 aromatic carbocycles. The third-order valence-electron chi connectivity index (χ3n) is 6.60. The molecule has 0 fully saturated rings. The summed E-state index contributed by atoms with van der Waals surface area (Å²) in [7, 11) is 0. The lowest BCUT2D eigenvalue weighted by Crippen LogP contribution is -2.15. The molecule has 0 unspecified atom stereocenters. The van der Waals surface area contributed by atoms with Crippen LogP contribution in [0.25, 0.3) is 10.8 Å². The Bertz CT molecular complexity index is 1050. The van der Waals surface area contributed by atoms with Gasteiger partial charge >= 0.3 is 11.9 Å². The van der Waals surface area contributed by atoms with Gasteiger partial charge in [0.05, 0.1) is 24.3 Å². The number of esters is 2. The highest BCUT2D eigenvalue weighted by molar-refractivity contribution is 6.03. The highest BCUT2D eigenvalue weighted by atomic mass is 16.5. The van der Waals surface area contributed by atoms with E-state index in [2.05, 4.69) is 13.8 Å². The van der Waals surface area contributed by atoms with E-state index in [1.165, 1.54) is 51.4 Å². The maximum absolute atomic E-state index is 12.4. The molecule has 1 N–H and O–H groups in total. The first-order valence-corrected chi connectivity index (χ1v) is 14.7. The fraction of sp³-hybridized carbons (Fsp3) is 0.471. The molecule has 3 rings (SSSR count). The summed E-state index contributed by atoms with van der Waals surface area (Å²) in [4.78, 5) is 24.7. The number of hydrogen-bond donors (Lipinski definition) is 1. The lowest BCUT2D eigenvalue weighted by atomic mass is 10.1. The summed E-state index contributed by atoms with van der Waals surface area (Å²) < 4.78 is 10.7. The van der Waals surface area contributed by atoms with Gasteiger partial charge < -0.3 is 14.6 Å². The van der Waals surface area contributed by atoms with E-state index in [9.17, 15) is 14.7 Å². The molecule has 0 saturated heterocycles. The number of ether oxygens (including phenoxy) is 2. The molecule has 212 valence electrons. The number of rotatable bonds is 16. The first-order valence-electron chi connectivity index (χ1n) is 14.7. The monoisotopic (exact) mass is 534 g/mol. The second kappa shape index (κ2) is 19.7. The summed E-state index contributed by atoms with van der Waals surface area (Å²) in [6.45, 7) is 5.17. The van der Waals surface area contributed by atoms with Crippen LogP contribution < -0.4 is 0 Å². The van der Waals surface area contributed by atoms with Gasteiger partial charge in [-0.3, -0.25) is 0 Å². The predicted molar refractivity (Wildman–Crippen MR) is 159 cm³/mol. The first kappa shape index (κ1) is 31.9. The summed E-state index contributed by atoms with van der Waals surface area (Å²) in [5.41, 5.74) is 0.586. The van der Waals surface area contributed by atoms with Crippen molar-refractivity contribution in [1.29, 1.82) is 0 Å². The zero-order chi connectivity index (χ0) is 28.1. The Morgan fingerprint density at radius 2 is 1.00 bits per heavy atom. The van der Waals surface area contributed by atoms with Crippen molar-refractivity contribution < 1.29 is 24.2 Å². The molecule has 0 amide bonds. The molecular formula is C34H46O5. The Labute approximate surface area is 234 Å². The summed E-state index contributed by atoms with van der Waals surface area (Å²) in [6, 6.07) is 20.0. The van der Waals surface area contributed by atoms with E-state index < -0.39 is 11.9 Å². The third-order valence-corrected chi connectivity index (χ3v) is 6.60. The molecule has 0 aromatic heterocycles. The number of carbonyl (C=O) groups is 2. The molecule has 0 spiro atoms. The van der Waals surface area contributed by atoms with Crippen LogP contribution in [-0.2, 0) is 9.47 Å². The maximum atomic E-state index is 12.4. The summed E-state index contributed by atoms with van der Waals surface area (Å²) in [6.07, 6.45) is 13.6. The van der Waals surface area contributed by atoms with Crippen molar-refractivity contribution in [3.63, 3.8) is 0 Å². The normalized spacial score (nSPS) is 10.5. The second-order valence-electron chi connectivity index (χ2n) is 9.85. The van der Waals surface area contributed by atoms with Crippen molar-refractivity contribution >= 4 is 22.7 Å². The van der Waals surface area contributed by atoms with E-state index in [0.717, 1.165) is 36.5 Å². The zero-order valence-electron chi connectivity index (χ0n) is 23.8. The van der Waals surface area contributed by atoms with E-state index in [1.54, 1.807) is 30.3 Å². The fourth-order valence-corrected chi connectivity index (χ4v) is 4.30. The van der Waals surface area contributed by atoms with Gasteiger partial charge in [-0.15, -0.1) is 0 Å². The first-order chi connectivity index (χ1) is 19.1. The number of hydrogen-bond acceptors (Lipinski definition) is 5. The van der Waals surface area contributed by atoms with Crippen LogP contribution in [0.2, 0.25) is 0 Å². The molecule has 39 heavy (non-hydrogen) atoms. The number of phenols is 1. The van der Waals surface area contributed by atoms with Crippen molar-refractivity contribution in [2.75, 3.05) is 13.2 Å². The molecule has 0 heterocycles. The van der Waals surface area contributed by atoms with Crippen LogP contribution in [0.4, 0.5) is 0 Å². The SMILES string of the molecule is CCCCCCCCOC(=O)c1ccccc1C(=O)OCCCCCCCC.Oc1cccc2ccccc12. The minimum absolute atomic E-state index is 0.293. The number of fused-ring (bicyclic) bond motifs is 1. The fourth-order valence-electron chi connectivity index (χ4n) is 4.30. The molecule has 5 nitrogen and oxygen atoms in total. The zero-order valence-corrected chi connectivity index (χ0v) is 23.8. The predicted octanol–water partition coefficient (Wildman–Crippen LogP) is 9.27. The number of aromatic hydroxyl groups is 1. The minimum atomic E-state index is -0.444. The van der Waals surface area contributed by atoms with Crippen molar-refractivity contribution in [3.8, 4) is 5.75 Å². The summed E-state index contributed by atoms with van der Waals surface area (Å²) in [5.74, 6) is -0.538. The van der Waals surface area contributed by atoms with E-state index in [0.29, 0.717) is 30.1 Å². The Kier molecular flexibility index (Phi) is 16.1. The minimum Gasteiger partial charge on any atom is -0.507 e. The number of carbonyl (C=O) groups excluding carboxylic acids is 2. The molecular weight excluding hydrogens is 488 g/mol. The molecule has 0 aliphatic heterocycles. The van der Waals surface area contributed by atoms with Gasteiger partial charge in [0, 0.05) is 5.39 Å². The van der Waals surface area contributed by atoms with Crippen molar-refractivity contribution in [2.45, 2.75) is 90.9 Å². The topological polar surface area (TPSA) is 72.8 Å². The molecule has 0 bridgehead atoms. The largest absolute Gasteiger partial charge is 0.507 e. The van der Waals surface area contributed by atoms with Crippen LogP contribution in [0, 0.1) is 0 Å². The Hall–Kier alpha value is -3.34. The smallest absolute Gasteiger partial charge is 0.339 e. The molecule has 0 aliphatic rings. The van der Waals surface area contributed by atoms with Crippen LogP contribution in [-0.4, -0.2) is 30.3 Å². The van der Waals surface area contributed by atoms with E-state index >= 15 is 0 Å². The van der Waals surface area contributed by atoms with Crippen LogP contribution in [0.15, 0.2) is 66.7 Å². The second-order valence-corrected chi connectivity index (χ2v) is 9.85. The van der Waals surface area contributed by atoms with Crippen molar-refractivity contribution in [3.05, 3.63) is 77.9 Å². The van der Waals surface area contributed by atoms with Crippen LogP contribution in [0.1, 0.15) is 112 Å². The van der Waals surface area contributed by atoms with Gasteiger partial charge in [-0.25, -0.2) is 9.59 Å². The summed E-state index contributed by atoms with van der Waals surface area (Å²) in [5, 5.41) is 11.4. The molecule has 0 radical (unpaired) electrons. The third kappa shape index (κ3) is 12.4. The van der Waals surface area contributed by atoms with Crippen molar-refractivity contribution in [1.82, 2.24) is 0 Å². The van der Waals surface area contributed by atoms with Gasteiger partial charge in [-0.2, -0.15) is 0 Å². The lowest BCUT2D eigenvalue weighted by Gasteiger charge is -2.10. The van der Waals surface area contributed by atoms with Crippen LogP contribution in [0.3, 0.4) is 0 Å². The van der Waals surface area contributed by atoms with Gasteiger partial charge in [0.25, 0.3) is 0 Å². The number of unbranched alkanes of at least 4 members (excludes halogenated alkanes) is 10. The molecule has 0 aliphatic carbocycles. The van der Waals surface area contributed by atoms with E-state index in [4.69, 9.17) is 9.47 Å². The van der Waals surface area contributed by atoms with Gasteiger partial charge in [-0.1, -0.05) is 127 Å². The van der Waals surface area contributed by atoms with Crippen molar-refractivity contribution in [2.24, 2.45) is 0 Å². The average molecular weight is 535 g/mol. The quantitative estimate of drug-likeness (QED) is 0.146. The lowest BCUT2D eigenvalue weighted by molar-refractivity contribution is 0.0450. The molecule has 0 atom stereocenters. The maximum Gasteiger partial charge on any atom is 0.339 e. The highest BCUT2D eigenvalue weighted by Gasteiger charge is 2.18.